The molecule has 2 aliphatic heterocycles. The standard InChI is InChI=1S/C9H12N4O2/c10-4-6-5-11-1-2-13(6)7-3-8(14)12-9(7)15/h6-7,11H,1-3,5H2,(H,12,14,15). The van der Waals surface area contributed by atoms with Crippen molar-refractivity contribution in [2.75, 3.05) is 19.6 Å². The Morgan fingerprint density at radius 3 is 2.87 bits per heavy atom. The van der Waals surface area contributed by atoms with E-state index in [2.05, 4.69) is 16.7 Å². The molecule has 2 unspecified atom stereocenters. The van der Waals surface area contributed by atoms with Gasteiger partial charge in [0.25, 0.3) is 0 Å². The molecule has 0 radical (unpaired) electrons. The molecule has 6 nitrogen and oxygen atoms in total. The minimum Gasteiger partial charge on any atom is -0.313 e. The summed E-state index contributed by atoms with van der Waals surface area (Å²) in [6.45, 7) is 1.92. The SMILES string of the molecule is N#CC1CNCCN1C1CC(=O)NC1=O. The lowest BCUT2D eigenvalue weighted by molar-refractivity contribution is -0.126. The maximum Gasteiger partial charge on any atom is 0.244 e. The summed E-state index contributed by atoms with van der Waals surface area (Å²) >= 11 is 0. The van der Waals surface area contributed by atoms with Crippen LogP contribution in [0.4, 0.5) is 0 Å². The summed E-state index contributed by atoms with van der Waals surface area (Å²) in [5, 5.41) is 14.3. The summed E-state index contributed by atoms with van der Waals surface area (Å²) in [6, 6.07) is 1.36. The summed E-state index contributed by atoms with van der Waals surface area (Å²) < 4.78 is 0. The highest BCUT2D eigenvalue weighted by Crippen LogP contribution is 2.15. The van der Waals surface area contributed by atoms with Gasteiger partial charge in [0, 0.05) is 19.6 Å². The van der Waals surface area contributed by atoms with Gasteiger partial charge in [-0.2, -0.15) is 5.26 Å². The topological polar surface area (TPSA) is 85.2 Å². The number of nitrogens with zero attached hydrogens (tertiary/aromatic N) is 2. The van der Waals surface area contributed by atoms with Crippen molar-refractivity contribution in [3.8, 4) is 6.07 Å². The minimum atomic E-state index is -0.454. The van der Waals surface area contributed by atoms with E-state index in [1.807, 2.05) is 0 Å². The summed E-state index contributed by atoms with van der Waals surface area (Å²) in [5.74, 6) is -0.526. The lowest BCUT2D eigenvalue weighted by atomic mass is 10.1. The number of carbonyl (C=O) groups excluding carboxylic acids is 2. The van der Waals surface area contributed by atoms with Crippen LogP contribution in [-0.4, -0.2) is 48.4 Å². The van der Waals surface area contributed by atoms with E-state index in [9.17, 15) is 9.59 Å². The summed E-state index contributed by atoms with van der Waals surface area (Å²) in [4.78, 5) is 24.3. The molecule has 2 aliphatic rings. The highest BCUT2D eigenvalue weighted by atomic mass is 16.2. The molecule has 0 aromatic rings. The third-order valence-electron chi connectivity index (χ3n) is 2.78. The van der Waals surface area contributed by atoms with Crippen molar-refractivity contribution in [3.63, 3.8) is 0 Å². The van der Waals surface area contributed by atoms with Gasteiger partial charge in [-0.1, -0.05) is 0 Å². The molecule has 2 saturated heterocycles. The fourth-order valence-corrected chi connectivity index (χ4v) is 2.02. The van der Waals surface area contributed by atoms with Crippen molar-refractivity contribution in [2.45, 2.75) is 18.5 Å². The summed E-state index contributed by atoms with van der Waals surface area (Å²) in [7, 11) is 0. The van der Waals surface area contributed by atoms with Crippen molar-refractivity contribution in [1.82, 2.24) is 15.5 Å². The van der Waals surface area contributed by atoms with Crippen LogP contribution in [0.1, 0.15) is 6.42 Å². The largest absolute Gasteiger partial charge is 0.313 e. The minimum absolute atomic E-state index is 0.178. The molecule has 0 saturated carbocycles. The van der Waals surface area contributed by atoms with E-state index in [0.29, 0.717) is 13.1 Å². The zero-order chi connectivity index (χ0) is 10.8. The number of hydrogen-bond acceptors (Lipinski definition) is 5. The van der Waals surface area contributed by atoms with Crippen LogP contribution < -0.4 is 10.6 Å². The first-order chi connectivity index (χ1) is 7.22. The van der Waals surface area contributed by atoms with Crippen LogP contribution >= 0.6 is 0 Å². The molecule has 0 bridgehead atoms. The van der Waals surface area contributed by atoms with Crippen LogP contribution in [0, 0.1) is 11.3 Å². The summed E-state index contributed by atoms with van der Waals surface area (Å²) in [5.41, 5.74) is 0. The second kappa shape index (κ2) is 3.96. The van der Waals surface area contributed by atoms with Crippen molar-refractivity contribution in [2.24, 2.45) is 0 Å². The second-order valence-corrected chi connectivity index (χ2v) is 3.72. The van der Waals surface area contributed by atoms with E-state index in [1.165, 1.54) is 0 Å². The molecular weight excluding hydrogens is 196 g/mol. The average Bonchev–Trinajstić information content (AvgIpc) is 2.57. The molecule has 0 aromatic carbocycles. The molecule has 2 N–H and O–H groups in total. The van der Waals surface area contributed by atoms with Crippen LogP contribution in [0.15, 0.2) is 0 Å². The third kappa shape index (κ3) is 1.84. The van der Waals surface area contributed by atoms with Gasteiger partial charge in [0.15, 0.2) is 0 Å². The first-order valence-corrected chi connectivity index (χ1v) is 4.92. The Bertz CT molecular complexity index is 335. The van der Waals surface area contributed by atoms with Crippen LogP contribution in [0.3, 0.4) is 0 Å². The van der Waals surface area contributed by atoms with E-state index < -0.39 is 6.04 Å². The molecule has 2 atom stereocenters. The van der Waals surface area contributed by atoms with Gasteiger partial charge in [-0.05, 0) is 0 Å². The van der Waals surface area contributed by atoms with Crippen LogP contribution in [0.2, 0.25) is 0 Å². The average molecular weight is 208 g/mol. The number of amides is 2. The second-order valence-electron chi connectivity index (χ2n) is 3.72. The van der Waals surface area contributed by atoms with E-state index in [-0.39, 0.29) is 24.3 Å². The molecular formula is C9H12N4O2. The van der Waals surface area contributed by atoms with Gasteiger partial charge in [0.2, 0.25) is 11.8 Å². The first-order valence-electron chi connectivity index (χ1n) is 4.92. The van der Waals surface area contributed by atoms with Gasteiger partial charge in [-0.3, -0.25) is 19.8 Å². The smallest absolute Gasteiger partial charge is 0.244 e. The number of nitrogens with one attached hydrogen (secondary N) is 2. The van der Waals surface area contributed by atoms with E-state index in [1.54, 1.807) is 4.90 Å². The van der Waals surface area contributed by atoms with Crippen LogP contribution in [0.5, 0.6) is 0 Å². The quantitative estimate of drug-likeness (QED) is 0.496. The van der Waals surface area contributed by atoms with Crippen molar-refractivity contribution in [3.05, 3.63) is 0 Å². The van der Waals surface area contributed by atoms with Gasteiger partial charge in [-0.15, -0.1) is 0 Å². The van der Waals surface area contributed by atoms with Gasteiger partial charge < -0.3 is 5.32 Å². The predicted octanol–water partition coefficient (Wildman–Crippen LogP) is -1.80. The Labute approximate surface area is 87.2 Å². The predicted molar refractivity (Wildman–Crippen MR) is 50.5 cm³/mol. The number of nitriles is 1. The Morgan fingerprint density at radius 1 is 1.47 bits per heavy atom. The van der Waals surface area contributed by atoms with Gasteiger partial charge in [0.1, 0.15) is 6.04 Å². The normalized spacial score (nSPS) is 32.5. The van der Waals surface area contributed by atoms with Crippen LogP contribution in [0.25, 0.3) is 0 Å². The Balaban J connectivity index is 2.11. The van der Waals surface area contributed by atoms with Gasteiger partial charge in [0.05, 0.1) is 18.5 Å². The molecule has 2 fully saturated rings. The molecule has 0 aromatic heterocycles. The number of imide groups is 1. The van der Waals surface area contributed by atoms with Crippen molar-refractivity contribution < 1.29 is 9.59 Å². The number of hydrogen-bond donors (Lipinski definition) is 2. The van der Waals surface area contributed by atoms with Crippen molar-refractivity contribution in [1.29, 1.82) is 5.26 Å². The molecule has 2 heterocycles. The fraction of sp³-hybridized carbons (Fsp3) is 0.667. The Hall–Kier alpha value is -1.45. The molecule has 0 aliphatic carbocycles. The molecule has 2 amide bonds. The van der Waals surface area contributed by atoms with E-state index in [0.717, 1.165) is 6.54 Å². The number of piperazine rings is 1. The molecule has 2 rings (SSSR count). The maximum absolute atomic E-state index is 11.4. The maximum atomic E-state index is 11.4. The monoisotopic (exact) mass is 208 g/mol. The lowest BCUT2D eigenvalue weighted by Crippen LogP contribution is -2.56. The van der Waals surface area contributed by atoms with Gasteiger partial charge >= 0.3 is 0 Å². The molecule has 6 heteroatoms. The highest BCUT2D eigenvalue weighted by molar-refractivity contribution is 6.05. The molecule has 15 heavy (non-hydrogen) atoms. The van der Waals surface area contributed by atoms with Crippen LogP contribution in [-0.2, 0) is 9.59 Å². The highest BCUT2D eigenvalue weighted by Gasteiger charge is 2.39. The Kier molecular flexibility index (Phi) is 2.66. The van der Waals surface area contributed by atoms with Gasteiger partial charge in [-0.25, -0.2) is 0 Å². The lowest BCUT2D eigenvalue weighted by Gasteiger charge is -2.34. The zero-order valence-electron chi connectivity index (χ0n) is 8.19. The zero-order valence-corrected chi connectivity index (χ0v) is 8.19. The van der Waals surface area contributed by atoms with Crippen molar-refractivity contribution >= 4 is 11.8 Å². The number of carbonyl (C=O) groups is 2. The summed E-state index contributed by atoms with van der Waals surface area (Å²) in [6.07, 6.45) is 0.178. The first kappa shape index (κ1) is 10.1. The van der Waals surface area contributed by atoms with E-state index in [4.69, 9.17) is 5.26 Å². The third-order valence-corrected chi connectivity index (χ3v) is 2.78. The van der Waals surface area contributed by atoms with E-state index >= 15 is 0 Å². The number of rotatable bonds is 1. The molecule has 0 spiro atoms. The Morgan fingerprint density at radius 2 is 2.27 bits per heavy atom. The fourth-order valence-electron chi connectivity index (χ4n) is 2.02. The molecule has 80 valence electrons.